The van der Waals surface area contributed by atoms with Crippen molar-refractivity contribution in [2.75, 3.05) is 13.2 Å². The lowest BCUT2D eigenvalue weighted by molar-refractivity contribution is -0.157. The van der Waals surface area contributed by atoms with Crippen LogP contribution in [-0.2, 0) is 14.3 Å². The van der Waals surface area contributed by atoms with Gasteiger partial charge in [-0.1, -0.05) is 0 Å². The average Bonchev–Trinajstić information content (AvgIpc) is 2.01. The maximum atomic E-state index is 11.8. The molecule has 0 radical (unpaired) electrons. The molecular formula is C7H8F3NO3. The third-order valence-corrected chi connectivity index (χ3v) is 1.62. The molecule has 4 nitrogen and oxygen atoms in total. The number of ketones is 1. The van der Waals surface area contributed by atoms with Crippen molar-refractivity contribution in [1.29, 1.82) is 0 Å². The number of amides is 1. The van der Waals surface area contributed by atoms with Gasteiger partial charge < -0.3 is 10.1 Å². The van der Waals surface area contributed by atoms with Crippen LogP contribution in [0.4, 0.5) is 13.2 Å². The monoisotopic (exact) mass is 211 g/mol. The minimum Gasteiger partial charge on any atom is -0.369 e. The van der Waals surface area contributed by atoms with Crippen LogP contribution >= 0.6 is 0 Å². The second kappa shape index (κ2) is 3.95. The Balaban J connectivity index is 2.48. The first-order valence-electron chi connectivity index (χ1n) is 3.85. The third kappa shape index (κ3) is 3.33. The molecule has 0 spiro atoms. The van der Waals surface area contributed by atoms with Gasteiger partial charge in [0.1, 0.15) is 19.1 Å². The van der Waals surface area contributed by atoms with Gasteiger partial charge in [-0.25, -0.2) is 0 Å². The number of rotatable bonds is 2. The minimum absolute atomic E-state index is 0.194. The van der Waals surface area contributed by atoms with Crippen LogP contribution in [0.3, 0.4) is 0 Å². The van der Waals surface area contributed by atoms with Crippen molar-refractivity contribution >= 4 is 11.7 Å². The summed E-state index contributed by atoms with van der Waals surface area (Å²) in [7, 11) is 0. The summed E-state index contributed by atoms with van der Waals surface area (Å²) in [6.07, 6.45) is -6.08. The predicted octanol–water partition coefficient (Wildman–Crippen LogP) is 0.0229. The van der Waals surface area contributed by atoms with E-state index in [9.17, 15) is 22.8 Å². The van der Waals surface area contributed by atoms with Crippen molar-refractivity contribution in [3.8, 4) is 0 Å². The molecule has 1 rings (SSSR count). The fourth-order valence-corrected chi connectivity index (χ4v) is 1.04. The Kier molecular flexibility index (Phi) is 3.10. The predicted molar refractivity (Wildman–Crippen MR) is 38.4 cm³/mol. The first kappa shape index (κ1) is 11.0. The summed E-state index contributed by atoms with van der Waals surface area (Å²) >= 11 is 0. The highest BCUT2D eigenvalue weighted by Gasteiger charge is 2.36. The molecular weight excluding hydrogens is 203 g/mol. The summed E-state index contributed by atoms with van der Waals surface area (Å²) in [6, 6.07) is -1.17. The largest absolute Gasteiger partial charge is 0.395 e. The van der Waals surface area contributed by atoms with Gasteiger partial charge >= 0.3 is 6.18 Å². The maximum absolute atomic E-state index is 11.8. The topological polar surface area (TPSA) is 55.4 Å². The van der Waals surface area contributed by atoms with Crippen LogP contribution in [0.1, 0.15) is 6.42 Å². The molecule has 14 heavy (non-hydrogen) atoms. The zero-order chi connectivity index (χ0) is 10.8. The molecule has 7 heteroatoms. The molecule has 1 saturated heterocycles. The van der Waals surface area contributed by atoms with Crippen molar-refractivity contribution in [1.82, 2.24) is 5.32 Å². The minimum atomic E-state index is -4.54. The molecule has 1 aliphatic heterocycles. The number of nitrogens with one attached hydrogen (secondary N) is 1. The Morgan fingerprint density at radius 1 is 1.57 bits per heavy atom. The number of hydrogen-bond donors (Lipinski definition) is 1. The summed E-state index contributed by atoms with van der Waals surface area (Å²) in [6.45, 7) is -0.406. The highest BCUT2D eigenvalue weighted by Crippen LogP contribution is 2.20. The van der Waals surface area contributed by atoms with Crippen molar-refractivity contribution < 1.29 is 27.5 Å². The van der Waals surface area contributed by atoms with E-state index in [1.165, 1.54) is 0 Å². The third-order valence-electron chi connectivity index (χ3n) is 1.62. The lowest BCUT2D eigenvalue weighted by Gasteiger charge is -2.22. The number of hydrogen-bond acceptors (Lipinski definition) is 3. The molecule has 0 aliphatic carbocycles. The second-order valence-electron chi connectivity index (χ2n) is 2.89. The maximum Gasteiger partial charge on any atom is 0.395 e. The Labute approximate surface area is 77.4 Å². The Hall–Kier alpha value is -1.11. The van der Waals surface area contributed by atoms with Gasteiger partial charge in [0.25, 0.3) is 0 Å². The second-order valence-corrected chi connectivity index (χ2v) is 2.89. The van der Waals surface area contributed by atoms with E-state index in [1.807, 2.05) is 0 Å². The van der Waals surface area contributed by atoms with Crippen LogP contribution in [0, 0.1) is 0 Å². The van der Waals surface area contributed by atoms with Crippen LogP contribution in [0.2, 0.25) is 0 Å². The van der Waals surface area contributed by atoms with Gasteiger partial charge in [-0.2, -0.15) is 13.2 Å². The van der Waals surface area contributed by atoms with Crippen LogP contribution in [0.5, 0.6) is 0 Å². The Morgan fingerprint density at radius 2 is 2.21 bits per heavy atom. The number of halogens is 3. The average molecular weight is 211 g/mol. The van der Waals surface area contributed by atoms with E-state index in [1.54, 1.807) is 0 Å². The summed E-state index contributed by atoms with van der Waals surface area (Å²) in [5.41, 5.74) is 0. The lowest BCUT2D eigenvalue weighted by atomic mass is 10.1. The molecule has 1 heterocycles. The van der Waals surface area contributed by atoms with E-state index in [0.29, 0.717) is 0 Å². The number of alkyl halides is 3. The summed E-state index contributed by atoms with van der Waals surface area (Å²) in [5.74, 6) is -1.65. The van der Waals surface area contributed by atoms with Gasteiger partial charge in [-0.05, 0) is 0 Å². The smallest absolute Gasteiger partial charge is 0.369 e. The molecule has 0 aromatic heterocycles. The molecule has 1 aliphatic rings. The summed E-state index contributed by atoms with van der Waals surface area (Å²) in [4.78, 5) is 21.6. The molecule has 1 fully saturated rings. The zero-order valence-corrected chi connectivity index (χ0v) is 7.06. The van der Waals surface area contributed by atoms with Gasteiger partial charge in [0.05, 0.1) is 6.61 Å². The highest BCUT2D eigenvalue weighted by molar-refractivity contribution is 5.90. The van der Waals surface area contributed by atoms with Crippen molar-refractivity contribution in [2.45, 2.75) is 18.6 Å². The molecule has 1 unspecified atom stereocenters. The quantitative estimate of drug-likeness (QED) is 0.700. The van der Waals surface area contributed by atoms with Gasteiger partial charge in [-0.3, -0.25) is 9.59 Å². The van der Waals surface area contributed by atoms with Gasteiger partial charge in [-0.15, -0.1) is 0 Å². The highest BCUT2D eigenvalue weighted by atomic mass is 19.4. The number of morpholine rings is 1. The van der Waals surface area contributed by atoms with E-state index in [0.717, 1.165) is 0 Å². The molecule has 0 saturated carbocycles. The first-order valence-corrected chi connectivity index (χ1v) is 3.85. The van der Waals surface area contributed by atoms with E-state index in [4.69, 9.17) is 0 Å². The van der Waals surface area contributed by atoms with Crippen LogP contribution in [-0.4, -0.2) is 37.1 Å². The van der Waals surface area contributed by atoms with E-state index in [-0.39, 0.29) is 13.2 Å². The summed E-state index contributed by atoms with van der Waals surface area (Å²) < 4.78 is 40.0. The molecule has 1 amide bonds. The van der Waals surface area contributed by atoms with Gasteiger partial charge in [0, 0.05) is 0 Å². The Bertz CT molecular complexity index is 251. The van der Waals surface area contributed by atoms with Crippen LogP contribution in [0.25, 0.3) is 0 Å². The van der Waals surface area contributed by atoms with Crippen molar-refractivity contribution in [3.05, 3.63) is 0 Å². The fourth-order valence-electron chi connectivity index (χ4n) is 1.04. The zero-order valence-electron chi connectivity index (χ0n) is 7.06. The first-order chi connectivity index (χ1) is 6.38. The van der Waals surface area contributed by atoms with Crippen LogP contribution < -0.4 is 5.32 Å². The van der Waals surface area contributed by atoms with Gasteiger partial charge in [0.15, 0.2) is 5.78 Å². The molecule has 1 N–H and O–H groups in total. The van der Waals surface area contributed by atoms with Crippen molar-refractivity contribution in [3.63, 3.8) is 0 Å². The number of ether oxygens (including phenoxy) is 1. The van der Waals surface area contributed by atoms with Crippen LogP contribution in [0.15, 0.2) is 0 Å². The van der Waals surface area contributed by atoms with E-state index in [2.05, 4.69) is 10.1 Å². The van der Waals surface area contributed by atoms with Crippen molar-refractivity contribution in [2.24, 2.45) is 0 Å². The molecule has 80 valence electrons. The molecule has 1 atom stereocenters. The SMILES string of the molecule is O=C1COCC(C(=O)CC(F)(F)F)N1. The Morgan fingerprint density at radius 3 is 2.71 bits per heavy atom. The van der Waals surface area contributed by atoms with E-state index < -0.39 is 30.3 Å². The molecule has 0 bridgehead atoms. The number of Topliss-reactive ketones (excluding diaryl/α,β-unsaturated/α-hetero) is 1. The summed E-state index contributed by atoms with van der Waals surface area (Å²) in [5, 5.41) is 2.13. The van der Waals surface area contributed by atoms with Gasteiger partial charge in [0.2, 0.25) is 5.91 Å². The molecule has 0 aromatic rings. The normalized spacial score (nSPS) is 23.1. The lowest BCUT2D eigenvalue weighted by Crippen LogP contribution is -2.50. The fraction of sp³-hybridized carbons (Fsp3) is 0.714. The number of carbonyl (C=O) groups excluding carboxylic acids is 2. The van der Waals surface area contributed by atoms with E-state index >= 15 is 0 Å². The number of carbonyl (C=O) groups is 2. The standard InChI is InChI=1S/C7H8F3NO3/c8-7(9,10)1-5(12)4-2-14-3-6(13)11-4/h4H,1-3H2,(H,11,13). The molecule has 0 aromatic carbocycles.